The van der Waals surface area contributed by atoms with E-state index in [9.17, 15) is 18.0 Å². The van der Waals surface area contributed by atoms with Crippen LogP contribution in [0.4, 0.5) is 5.69 Å². The van der Waals surface area contributed by atoms with Crippen LogP contribution in [-0.2, 0) is 26.0 Å². The molecule has 0 saturated heterocycles. The second-order valence-corrected chi connectivity index (χ2v) is 12.3. The van der Waals surface area contributed by atoms with E-state index in [-0.39, 0.29) is 39.1 Å². The number of nitrogens with one attached hydrogen (secondary N) is 1. The van der Waals surface area contributed by atoms with Gasteiger partial charge in [0.2, 0.25) is 11.8 Å². The lowest BCUT2D eigenvalue weighted by Crippen LogP contribution is -2.54. The number of amides is 2. The minimum Gasteiger partial charge on any atom is -0.352 e. The summed E-state index contributed by atoms with van der Waals surface area (Å²) in [5, 5.41) is 3.42. The summed E-state index contributed by atoms with van der Waals surface area (Å²) in [4.78, 5) is 28.8. The van der Waals surface area contributed by atoms with Crippen LogP contribution in [-0.4, -0.2) is 50.3 Å². The number of anilines is 1. The van der Waals surface area contributed by atoms with Crippen molar-refractivity contribution in [1.82, 2.24) is 10.2 Å². The fourth-order valence-corrected chi connectivity index (χ4v) is 6.20. The number of carbonyl (C=O) groups excluding carboxylic acids is 2. The quantitative estimate of drug-likeness (QED) is 0.261. The van der Waals surface area contributed by atoms with Crippen molar-refractivity contribution in [1.29, 1.82) is 0 Å². The third-order valence-corrected chi connectivity index (χ3v) is 8.84. The first-order valence-electron chi connectivity index (χ1n) is 13.2. The Morgan fingerprint density at radius 2 is 1.45 bits per heavy atom. The van der Waals surface area contributed by atoms with Gasteiger partial charge in [0.15, 0.2) is 0 Å². The first kappa shape index (κ1) is 31.5. The van der Waals surface area contributed by atoms with Gasteiger partial charge in [-0.3, -0.25) is 13.9 Å². The minimum absolute atomic E-state index is 0.0105. The van der Waals surface area contributed by atoms with Crippen LogP contribution in [0, 0.1) is 0 Å². The Balaban J connectivity index is 2.03. The number of hydrogen-bond acceptors (Lipinski definition) is 4. The minimum atomic E-state index is -4.19. The number of nitrogens with zero attached hydrogens (tertiary/aromatic N) is 2. The molecule has 0 spiro atoms. The van der Waals surface area contributed by atoms with E-state index in [1.54, 1.807) is 18.2 Å². The van der Waals surface area contributed by atoms with Crippen molar-refractivity contribution in [3.8, 4) is 0 Å². The smallest absolute Gasteiger partial charge is 0.264 e. The summed E-state index contributed by atoms with van der Waals surface area (Å²) in [6.07, 6.45) is 1.59. The molecular weight excluding hydrogens is 569 g/mol. The summed E-state index contributed by atoms with van der Waals surface area (Å²) in [7, 11) is -4.19. The second-order valence-electron chi connectivity index (χ2n) is 9.52. The molecule has 10 heteroatoms. The van der Waals surface area contributed by atoms with Crippen LogP contribution in [0.5, 0.6) is 0 Å². The molecule has 0 saturated carbocycles. The van der Waals surface area contributed by atoms with Gasteiger partial charge < -0.3 is 10.2 Å². The summed E-state index contributed by atoms with van der Waals surface area (Å²) >= 11 is 12.5. The van der Waals surface area contributed by atoms with Crippen molar-refractivity contribution < 1.29 is 18.0 Å². The Kier molecular flexibility index (Phi) is 11.4. The van der Waals surface area contributed by atoms with E-state index >= 15 is 0 Å². The Morgan fingerprint density at radius 1 is 0.875 bits per heavy atom. The standard InChI is InChI=1S/C30H35Cl2N3O4S/c1-4-22(3)33-30(37)28(5-2)34(17-16-23-12-8-6-9-13-23)29(36)21-35(26-19-24(31)18-25(32)20-26)40(38,39)27-14-10-7-11-15-27/h6-15,18-20,22,28H,4-5,16-17,21H2,1-3H3,(H,33,37)/t22-,28+/m0/s1. The number of sulfonamides is 1. The lowest BCUT2D eigenvalue weighted by atomic mass is 10.1. The van der Waals surface area contributed by atoms with Crippen molar-refractivity contribution >= 4 is 50.7 Å². The van der Waals surface area contributed by atoms with Gasteiger partial charge in [0.05, 0.1) is 10.6 Å². The van der Waals surface area contributed by atoms with Gasteiger partial charge in [0.25, 0.3) is 10.0 Å². The summed E-state index contributed by atoms with van der Waals surface area (Å²) < 4.78 is 28.7. The summed E-state index contributed by atoms with van der Waals surface area (Å²) in [6.45, 7) is 5.38. The SMILES string of the molecule is CC[C@H](C(=O)N[C@@H](C)CC)N(CCc1ccccc1)C(=O)CN(c1cc(Cl)cc(Cl)c1)S(=O)(=O)c1ccccc1. The summed E-state index contributed by atoms with van der Waals surface area (Å²) in [5.74, 6) is -0.792. The van der Waals surface area contributed by atoms with Gasteiger partial charge in [0, 0.05) is 22.6 Å². The highest BCUT2D eigenvalue weighted by molar-refractivity contribution is 7.92. The van der Waals surface area contributed by atoms with E-state index in [1.807, 2.05) is 51.1 Å². The molecule has 0 aliphatic rings. The Hall–Kier alpha value is -3.07. The highest BCUT2D eigenvalue weighted by Crippen LogP contribution is 2.30. The molecule has 0 aromatic heterocycles. The lowest BCUT2D eigenvalue weighted by molar-refractivity contribution is -0.139. The van der Waals surface area contributed by atoms with Gasteiger partial charge in [-0.2, -0.15) is 0 Å². The van der Waals surface area contributed by atoms with Crippen molar-refractivity contribution in [3.63, 3.8) is 0 Å². The largest absolute Gasteiger partial charge is 0.352 e. The molecular formula is C30H35Cl2N3O4S. The highest BCUT2D eigenvalue weighted by Gasteiger charge is 2.34. The zero-order valence-electron chi connectivity index (χ0n) is 22.9. The predicted octanol–water partition coefficient (Wildman–Crippen LogP) is 5.95. The average Bonchev–Trinajstić information content (AvgIpc) is 2.94. The molecule has 7 nitrogen and oxygen atoms in total. The van der Waals surface area contributed by atoms with E-state index in [0.717, 1.165) is 16.3 Å². The molecule has 0 bridgehead atoms. The fourth-order valence-electron chi connectivity index (χ4n) is 4.27. The first-order valence-corrected chi connectivity index (χ1v) is 15.4. The normalized spacial score (nSPS) is 12.8. The predicted molar refractivity (Wildman–Crippen MR) is 161 cm³/mol. The fraction of sp³-hybridized carbons (Fsp3) is 0.333. The lowest BCUT2D eigenvalue weighted by Gasteiger charge is -2.33. The van der Waals surface area contributed by atoms with Gasteiger partial charge in [-0.1, -0.05) is 85.6 Å². The van der Waals surface area contributed by atoms with Crippen LogP contribution in [0.15, 0.2) is 83.8 Å². The van der Waals surface area contributed by atoms with E-state index in [2.05, 4.69) is 5.32 Å². The van der Waals surface area contributed by atoms with Crippen LogP contribution in [0.1, 0.15) is 39.2 Å². The molecule has 3 aromatic rings. The molecule has 0 aliphatic carbocycles. The molecule has 214 valence electrons. The van der Waals surface area contributed by atoms with Crippen molar-refractivity contribution in [3.05, 3.63) is 94.5 Å². The molecule has 3 aromatic carbocycles. The number of rotatable bonds is 13. The molecule has 0 unspecified atom stereocenters. The van der Waals surface area contributed by atoms with Gasteiger partial charge in [0.1, 0.15) is 12.6 Å². The average molecular weight is 605 g/mol. The monoisotopic (exact) mass is 603 g/mol. The molecule has 1 N–H and O–H groups in total. The van der Waals surface area contributed by atoms with Crippen LogP contribution in [0.2, 0.25) is 10.0 Å². The highest BCUT2D eigenvalue weighted by atomic mass is 35.5. The Morgan fingerprint density at radius 3 is 2.00 bits per heavy atom. The van der Waals surface area contributed by atoms with E-state index in [0.29, 0.717) is 12.8 Å². The van der Waals surface area contributed by atoms with Crippen LogP contribution >= 0.6 is 23.2 Å². The molecule has 0 fully saturated rings. The Labute approximate surface area is 247 Å². The first-order chi connectivity index (χ1) is 19.1. The molecule has 0 heterocycles. The maximum absolute atomic E-state index is 14.0. The zero-order valence-corrected chi connectivity index (χ0v) is 25.2. The molecule has 40 heavy (non-hydrogen) atoms. The van der Waals surface area contributed by atoms with Gasteiger partial charge in [-0.25, -0.2) is 8.42 Å². The third-order valence-electron chi connectivity index (χ3n) is 6.62. The van der Waals surface area contributed by atoms with E-state index in [1.165, 1.54) is 35.2 Å². The zero-order chi connectivity index (χ0) is 29.3. The van der Waals surface area contributed by atoms with Crippen molar-refractivity contribution in [2.45, 2.75) is 57.0 Å². The third kappa shape index (κ3) is 8.22. The molecule has 3 rings (SSSR count). The maximum Gasteiger partial charge on any atom is 0.264 e. The van der Waals surface area contributed by atoms with Crippen LogP contribution in [0.3, 0.4) is 0 Å². The number of hydrogen-bond donors (Lipinski definition) is 1. The van der Waals surface area contributed by atoms with E-state index < -0.39 is 28.5 Å². The van der Waals surface area contributed by atoms with E-state index in [4.69, 9.17) is 23.2 Å². The van der Waals surface area contributed by atoms with Gasteiger partial charge in [-0.05, 0) is 62.1 Å². The van der Waals surface area contributed by atoms with Crippen molar-refractivity contribution in [2.75, 3.05) is 17.4 Å². The number of halogens is 2. The molecule has 0 radical (unpaired) electrons. The summed E-state index contributed by atoms with van der Waals surface area (Å²) in [6, 6.07) is 21.0. The van der Waals surface area contributed by atoms with Crippen LogP contribution < -0.4 is 9.62 Å². The molecule has 2 atom stereocenters. The topological polar surface area (TPSA) is 86.8 Å². The second kappa shape index (κ2) is 14.5. The Bertz CT molecular complexity index is 1370. The van der Waals surface area contributed by atoms with Crippen molar-refractivity contribution in [2.24, 2.45) is 0 Å². The van der Waals surface area contributed by atoms with Gasteiger partial charge >= 0.3 is 0 Å². The summed E-state index contributed by atoms with van der Waals surface area (Å²) in [5.41, 5.74) is 1.14. The van der Waals surface area contributed by atoms with Gasteiger partial charge in [-0.15, -0.1) is 0 Å². The molecule has 0 aliphatic heterocycles. The number of benzene rings is 3. The number of carbonyl (C=O) groups is 2. The van der Waals surface area contributed by atoms with Crippen LogP contribution in [0.25, 0.3) is 0 Å². The maximum atomic E-state index is 14.0. The molecule has 2 amide bonds.